The van der Waals surface area contributed by atoms with E-state index in [4.69, 9.17) is 23.7 Å². The molecule has 2 aromatic carbocycles. The highest BCUT2D eigenvalue weighted by atomic mass is 16.5. The number of ether oxygens (including phenoxy) is 5. The van der Waals surface area contributed by atoms with E-state index in [9.17, 15) is 5.11 Å². The van der Waals surface area contributed by atoms with Gasteiger partial charge in [-0.05, 0) is 48.2 Å². The fourth-order valence-corrected chi connectivity index (χ4v) is 5.84. The summed E-state index contributed by atoms with van der Waals surface area (Å²) >= 11 is 0. The minimum Gasteiger partial charge on any atom is -0.494 e. The predicted octanol–water partition coefficient (Wildman–Crippen LogP) is 5.31. The smallest absolute Gasteiger partial charge is 0.142 e. The minimum atomic E-state index is -0.460. The van der Waals surface area contributed by atoms with Gasteiger partial charge in [0, 0.05) is 45.7 Å². The zero-order valence-electron chi connectivity index (χ0n) is 25.9. The lowest BCUT2D eigenvalue weighted by molar-refractivity contribution is -0.0783. The standard InChI is InChI=1S/C34H52N2O6/c1-4-6-7-16-36-17-20-40-31-15-10-26(21-30(31)36)24-41-32-22-35-23-33(42-25-28(37)9-5-2)34(32)27-11-13-29(14-12-27)39-19-8-18-38-3/h10-15,21,28,32-35,37H,4-9,16-20,22-25H2,1-3H3/t28?,32-,33+,34?/m0/s1. The number of aliphatic hydroxyl groups is 1. The molecule has 0 amide bonds. The fraction of sp³-hybridized carbons (Fsp3) is 0.647. The Bertz CT molecular complexity index is 1040. The molecule has 0 aliphatic carbocycles. The molecule has 4 rings (SSSR count). The average molecular weight is 585 g/mol. The third-order valence-electron chi connectivity index (χ3n) is 8.12. The summed E-state index contributed by atoms with van der Waals surface area (Å²) in [6.07, 6.45) is 5.50. The molecule has 0 aromatic heterocycles. The Morgan fingerprint density at radius 1 is 0.976 bits per heavy atom. The first kappa shape index (κ1) is 32.6. The molecule has 1 fully saturated rings. The highest BCUT2D eigenvalue weighted by Crippen LogP contribution is 2.35. The Morgan fingerprint density at radius 2 is 1.79 bits per heavy atom. The third-order valence-corrected chi connectivity index (χ3v) is 8.12. The number of benzene rings is 2. The average Bonchev–Trinajstić information content (AvgIpc) is 3.02. The molecule has 2 aliphatic rings. The first-order valence-corrected chi connectivity index (χ1v) is 16.0. The second kappa shape index (κ2) is 17.7. The van der Waals surface area contributed by atoms with Crippen LogP contribution in [0.4, 0.5) is 5.69 Å². The van der Waals surface area contributed by atoms with Crippen LogP contribution < -0.4 is 19.7 Å². The summed E-state index contributed by atoms with van der Waals surface area (Å²) in [7, 11) is 1.70. The lowest BCUT2D eigenvalue weighted by Gasteiger charge is -2.39. The molecule has 0 spiro atoms. The molecule has 8 nitrogen and oxygen atoms in total. The molecule has 0 bridgehead atoms. The molecule has 2 unspecified atom stereocenters. The molecule has 2 heterocycles. The normalized spacial score (nSPS) is 21.0. The fourth-order valence-electron chi connectivity index (χ4n) is 5.84. The van der Waals surface area contributed by atoms with Gasteiger partial charge in [0.1, 0.15) is 18.1 Å². The van der Waals surface area contributed by atoms with Crippen molar-refractivity contribution in [3.8, 4) is 11.5 Å². The lowest BCUT2D eigenvalue weighted by Crippen LogP contribution is -2.51. The topological polar surface area (TPSA) is 81.7 Å². The van der Waals surface area contributed by atoms with Crippen LogP contribution in [-0.2, 0) is 20.8 Å². The van der Waals surface area contributed by atoms with Crippen LogP contribution in [-0.4, -0.2) is 83.1 Å². The quantitative estimate of drug-likeness (QED) is 0.228. The number of rotatable bonds is 18. The van der Waals surface area contributed by atoms with Crippen molar-refractivity contribution in [1.82, 2.24) is 5.32 Å². The van der Waals surface area contributed by atoms with E-state index in [0.29, 0.717) is 33.0 Å². The number of fused-ring (bicyclic) bond motifs is 1. The number of nitrogens with zero attached hydrogens (tertiary/aromatic N) is 1. The van der Waals surface area contributed by atoms with Crippen LogP contribution in [0.5, 0.6) is 11.5 Å². The van der Waals surface area contributed by atoms with E-state index < -0.39 is 6.10 Å². The summed E-state index contributed by atoms with van der Waals surface area (Å²) in [4.78, 5) is 2.45. The van der Waals surface area contributed by atoms with Crippen molar-refractivity contribution < 1.29 is 28.8 Å². The number of unbranched alkanes of at least 4 members (excludes halogenated alkanes) is 2. The number of aliphatic hydroxyl groups excluding tert-OH is 1. The van der Waals surface area contributed by atoms with Gasteiger partial charge in [-0.2, -0.15) is 0 Å². The number of methoxy groups -OCH3 is 1. The summed E-state index contributed by atoms with van der Waals surface area (Å²) in [5, 5.41) is 13.9. The van der Waals surface area contributed by atoms with Crippen molar-refractivity contribution in [1.29, 1.82) is 0 Å². The van der Waals surface area contributed by atoms with Crippen molar-refractivity contribution in [2.75, 3.05) is 64.6 Å². The van der Waals surface area contributed by atoms with E-state index in [1.807, 2.05) is 12.1 Å². The van der Waals surface area contributed by atoms with E-state index in [1.54, 1.807) is 7.11 Å². The van der Waals surface area contributed by atoms with E-state index >= 15 is 0 Å². The first-order valence-electron chi connectivity index (χ1n) is 16.0. The molecule has 1 saturated heterocycles. The SMILES string of the molecule is CCCCCN1CCOc2ccc(CO[C@H]3CNC[C@@H](OCC(O)CCC)C3c3ccc(OCCCOC)cc3)cc21. The number of piperidine rings is 1. The number of hydrogen-bond acceptors (Lipinski definition) is 8. The number of hydrogen-bond donors (Lipinski definition) is 2. The van der Waals surface area contributed by atoms with Crippen LogP contribution in [0.15, 0.2) is 42.5 Å². The Balaban J connectivity index is 1.46. The first-order chi connectivity index (χ1) is 20.6. The van der Waals surface area contributed by atoms with Gasteiger partial charge < -0.3 is 39.0 Å². The Hall–Kier alpha value is -2.36. The lowest BCUT2D eigenvalue weighted by atomic mass is 9.85. The zero-order chi connectivity index (χ0) is 29.6. The zero-order valence-corrected chi connectivity index (χ0v) is 25.9. The van der Waals surface area contributed by atoms with Crippen molar-refractivity contribution in [2.45, 2.75) is 83.2 Å². The van der Waals surface area contributed by atoms with Gasteiger partial charge in [0.15, 0.2) is 0 Å². The highest BCUT2D eigenvalue weighted by molar-refractivity contribution is 5.61. The molecule has 0 radical (unpaired) electrons. The second-order valence-electron chi connectivity index (χ2n) is 11.5. The summed E-state index contributed by atoms with van der Waals surface area (Å²) in [5.41, 5.74) is 3.46. The van der Waals surface area contributed by atoms with E-state index in [2.05, 4.69) is 54.4 Å². The molecule has 0 saturated carbocycles. The maximum absolute atomic E-state index is 10.4. The van der Waals surface area contributed by atoms with Gasteiger partial charge in [-0.1, -0.05) is 51.3 Å². The van der Waals surface area contributed by atoms with Gasteiger partial charge in [-0.15, -0.1) is 0 Å². The molecule has 2 aliphatic heterocycles. The van der Waals surface area contributed by atoms with Gasteiger partial charge in [0.05, 0.1) is 50.4 Å². The molecule has 2 aromatic rings. The van der Waals surface area contributed by atoms with E-state index in [-0.39, 0.29) is 18.1 Å². The van der Waals surface area contributed by atoms with E-state index in [1.165, 1.54) is 24.9 Å². The molecule has 2 N–H and O–H groups in total. The van der Waals surface area contributed by atoms with Gasteiger partial charge in [0.25, 0.3) is 0 Å². The van der Waals surface area contributed by atoms with Crippen LogP contribution in [0.25, 0.3) is 0 Å². The van der Waals surface area contributed by atoms with Crippen LogP contribution in [0.3, 0.4) is 0 Å². The Morgan fingerprint density at radius 3 is 2.55 bits per heavy atom. The Kier molecular flexibility index (Phi) is 13.7. The maximum Gasteiger partial charge on any atom is 0.142 e. The second-order valence-corrected chi connectivity index (χ2v) is 11.5. The number of anilines is 1. The van der Waals surface area contributed by atoms with Crippen LogP contribution >= 0.6 is 0 Å². The summed E-state index contributed by atoms with van der Waals surface area (Å²) < 4.78 is 30.0. The van der Waals surface area contributed by atoms with Crippen LogP contribution in [0.2, 0.25) is 0 Å². The Labute approximate surface area is 252 Å². The summed E-state index contributed by atoms with van der Waals surface area (Å²) in [6.45, 7) is 10.6. The maximum atomic E-state index is 10.4. The monoisotopic (exact) mass is 584 g/mol. The van der Waals surface area contributed by atoms with Crippen molar-refractivity contribution in [3.05, 3.63) is 53.6 Å². The van der Waals surface area contributed by atoms with Gasteiger partial charge in [-0.25, -0.2) is 0 Å². The highest BCUT2D eigenvalue weighted by Gasteiger charge is 2.36. The van der Waals surface area contributed by atoms with Gasteiger partial charge in [-0.3, -0.25) is 0 Å². The van der Waals surface area contributed by atoms with Gasteiger partial charge in [0.2, 0.25) is 0 Å². The molecule has 234 valence electrons. The molecule has 42 heavy (non-hydrogen) atoms. The minimum absolute atomic E-state index is 0.0223. The summed E-state index contributed by atoms with van der Waals surface area (Å²) in [6, 6.07) is 14.7. The van der Waals surface area contributed by atoms with E-state index in [0.717, 1.165) is 68.1 Å². The molecule has 4 atom stereocenters. The van der Waals surface area contributed by atoms with Crippen LogP contribution in [0.1, 0.15) is 69.4 Å². The molecular formula is C34H52N2O6. The van der Waals surface area contributed by atoms with Crippen molar-refractivity contribution in [3.63, 3.8) is 0 Å². The molecule has 8 heteroatoms. The predicted molar refractivity (Wildman–Crippen MR) is 167 cm³/mol. The van der Waals surface area contributed by atoms with Gasteiger partial charge >= 0.3 is 0 Å². The van der Waals surface area contributed by atoms with Crippen molar-refractivity contribution in [2.24, 2.45) is 0 Å². The van der Waals surface area contributed by atoms with Crippen LogP contribution in [0, 0.1) is 0 Å². The molecular weight excluding hydrogens is 532 g/mol. The third kappa shape index (κ3) is 9.58. The summed E-state index contributed by atoms with van der Waals surface area (Å²) in [5.74, 6) is 1.83. The number of nitrogens with one attached hydrogen (secondary N) is 1. The largest absolute Gasteiger partial charge is 0.494 e. The van der Waals surface area contributed by atoms with Crippen molar-refractivity contribution >= 4 is 5.69 Å².